The van der Waals surface area contributed by atoms with Gasteiger partial charge in [-0.2, -0.15) is 13.2 Å². The fraction of sp³-hybridized carbons (Fsp3) is 0.286. The monoisotopic (exact) mass is 419 g/mol. The molecule has 9 heteroatoms. The maximum Gasteiger partial charge on any atom is 0.416 e. The highest BCUT2D eigenvalue weighted by Gasteiger charge is 2.44. The molecule has 3 rings (SSSR count). The van der Waals surface area contributed by atoms with Crippen LogP contribution in [-0.2, 0) is 22.2 Å². The highest BCUT2D eigenvalue weighted by Crippen LogP contribution is 2.29. The van der Waals surface area contributed by atoms with Crippen LogP contribution < -0.4 is 16.2 Å². The number of benzene rings is 2. The molecule has 6 nitrogen and oxygen atoms in total. The van der Waals surface area contributed by atoms with Gasteiger partial charge in [-0.05, 0) is 49.1 Å². The molecule has 1 heterocycles. The normalized spacial score (nSPS) is 18.6. The molecule has 1 saturated heterocycles. The summed E-state index contributed by atoms with van der Waals surface area (Å²) in [5.41, 5.74) is 4.03. The molecule has 1 aliphatic heterocycles. The van der Waals surface area contributed by atoms with Gasteiger partial charge in [-0.15, -0.1) is 0 Å². The number of carbonyl (C=O) groups is 3. The van der Waals surface area contributed by atoms with E-state index in [0.29, 0.717) is 24.1 Å². The van der Waals surface area contributed by atoms with E-state index in [1.807, 2.05) is 0 Å². The summed E-state index contributed by atoms with van der Waals surface area (Å²) in [4.78, 5) is 36.7. The number of alkyl halides is 3. The summed E-state index contributed by atoms with van der Waals surface area (Å²) in [7, 11) is 0. The van der Waals surface area contributed by atoms with Crippen LogP contribution in [0.3, 0.4) is 0 Å². The minimum absolute atomic E-state index is 0.232. The van der Waals surface area contributed by atoms with Gasteiger partial charge in [-0.1, -0.05) is 30.3 Å². The minimum Gasteiger partial charge on any atom is -0.355 e. The van der Waals surface area contributed by atoms with Gasteiger partial charge in [-0.25, -0.2) is 0 Å². The maximum absolute atomic E-state index is 12.7. The van der Waals surface area contributed by atoms with Crippen LogP contribution in [0.4, 0.5) is 13.2 Å². The Morgan fingerprint density at radius 2 is 1.73 bits per heavy atom. The lowest BCUT2D eigenvalue weighted by molar-refractivity contribution is -0.140. The Morgan fingerprint density at radius 1 is 1.07 bits per heavy atom. The van der Waals surface area contributed by atoms with Gasteiger partial charge in [0.25, 0.3) is 11.8 Å². The lowest BCUT2D eigenvalue weighted by Crippen LogP contribution is -2.51. The van der Waals surface area contributed by atoms with Gasteiger partial charge < -0.3 is 5.32 Å². The Bertz CT molecular complexity index is 973. The van der Waals surface area contributed by atoms with Crippen molar-refractivity contribution in [3.63, 3.8) is 0 Å². The Balaban J connectivity index is 1.69. The van der Waals surface area contributed by atoms with E-state index in [1.54, 1.807) is 24.3 Å². The first-order valence-electron chi connectivity index (χ1n) is 9.24. The van der Waals surface area contributed by atoms with Crippen LogP contribution in [0.15, 0.2) is 48.5 Å². The molecule has 0 bridgehead atoms. The number of amides is 3. The van der Waals surface area contributed by atoms with Crippen molar-refractivity contribution in [2.45, 2.75) is 25.9 Å². The standard InChI is InChI=1S/C21H20F3N3O3/c1-20(10-11-25-18(20)29)19(30)27-26-17(28)16-5-3-2-4-14(16)12-13-6-8-15(9-7-13)21(22,23)24/h2-9H,10-12H2,1H3,(H,25,29)(H,26,28)(H,27,30). The van der Waals surface area contributed by atoms with Crippen molar-refractivity contribution in [1.29, 1.82) is 0 Å². The van der Waals surface area contributed by atoms with Crippen molar-refractivity contribution in [3.8, 4) is 0 Å². The van der Waals surface area contributed by atoms with Crippen LogP contribution in [-0.4, -0.2) is 24.3 Å². The summed E-state index contributed by atoms with van der Waals surface area (Å²) in [6.07, 6.45) is -3.87. The third-order valence-corrected chi connectivity index (χ3v) is 5.14. The average molecular weight is 419 g/mol. The lowest BCUT2D eigenvalue weighted by atomic mass is 9.88. The van der Waals surface area contributed by atoms with E-state index in [1.165, 1.54) is 19.1 Å². The molecule has 3 amide bonds. The van der Waals surface area contributed by atoms with E-state index < -0.39 is 34.9 Å². The predicted molar refractivity (Wildman–Crippen MR) is 102 cm³/mol. The number of hydrazine groups is 1. The zero-order valence-corrected chi connectivity index (χ0v) is 16.1. The van der Waals surface area contributed by atoms with E-state index in [9.17, 15) is 27.6 Å². The highest BCUT2D eigenvalue weighted by molar-refractivity contribution is 6.07. The summed E-state index contributed by atoms with van der Waals surface area (Å²) >= 11 is 0. The number of nitrogens with one attached hydrogen (secondary N) is 3. The molecule has 1 atom stereocenters. The molecule has 1 fully saturated rings. The zero-order chi connectivity index (χ0) is 21.9. The van der Waals surface area contributed by atoms with Crippen molar-refractivity contribution in [1.82, 2.24) is 16.2 Å². The number of rotatable bonds is 4. The second kappa shape index (κ2) is 8.17. The molecule has 0 radical (unpaired) electrons. The summed E-state index contributed by atoms with van der Waals surface area (Å²) < 4.78 is 38.2. The van der Waals surface area contributed by atoms with Gasteiger partial charge in [0.2, 0.25) is 5.91 Å². The topological polar surface area (TPSA) is 87.3 Å². The smallest absolute Gasteiger partial charge is 0.355 e. The van der Waals surface area contributed by atoms with Gasteiger partial charge in [0.15, 0.2) is 0 Å². The Labute approximate surface area is 170 Å². The van der Waals surface area contributed by atoms with Gasteiger partial charge in [-0.3, -0.25) is 25.2 Å². The number of hydrogen-bond donors (Lipinski definition) is 3. The molecule has 1 aliphatic rings. The number of halogens is 3. The van der Waals surface area contributed by atoms with Crippen LogP contribution in [0.1, 0.15) is 40.4 Å². The molecule has 2 aromatic rings. The fourth-order valence-corrected chi connectivity index (χ4v) is 3.20. The van der Waals surface area contributed by atoms with Crippen molar-refractivity contribution in [3.05, 3.63) is 70.8 Å². The fourth-order valence-electron chi connectivity index (χ4n) is 3.20. The first-order valence-corrected chi connectivity index (χ1v) is 9.24. The molecule has 0 aromatic heterocycles. The zero-order valence-electron chi connectivity index (χ0n) is 16.1. The molecule has 0 aliphatic carbocycles. The Hall–Kier alpha value is -3.36. The highest BCUT2D eigenvalue weighted by atomic mass is 19.4. The summed E-state index contributed by atoms with van der Waals surface area (Å²) in [5, 5.41) is 2.58. The van der Waals surface area contributed by atoms with Crippen LogP contribution >= 0.6 is 0 Å². The molecule has 3 N–H and O–H groups in total. The van der Waals surface area contributed by atoms with Crippen molar-refractivity contribution < 1.29 is 27.6 Å². The third-order valence-electron chi connectivity index (χ3n) is 5.14. The molecule has 0 spiro atoms. The number of hydrogen-bond acceptors (Lipinski definition) is 3. The second-order valence-electron chi connectivity index (χ2n) is 7.27. The lowest BCUT2D eigenvalue weighted by Gasteiger charge is -2.20. The van der Waals surface area contributed by atoms with Gasteiger partial charge in [0, 0.05) is 12.1 Å². The molecule has 0 saturated carbocycles. The Morgan fingerprint density at radius 3 is 2.33 bits per heavy atom. The first kappa shape index (κ1) is 21.4. The van der Waals surface area contributed by atoms with Crippen LogP contribution in [0, 0.1) is 5.41 Å². The SMILES string of the molecule is CC1(C(=O)NNC(=O)c2ccccc2Cc2ccc(C(F)(F)F)cc2)CCNC1=O. The second-order valence-corrected chi connectivity index (χ2v) is 7.27. The van der Waals surface area contributed by atoms with Crippen molar-refractivity contribution in [2.24, 2.45) is 5.41 Å². The first-order chi connectivity index (χ1) is 14.1. The van der Waals surface area contributed by atoms with Crippen LogP contribution in [0.5, 0.6) is 0 Å². The summed E-state index contributed by atoms with van der Waals surface area (Å²) in [6.45, 7) is 1.88. The van der Waals surface area contributed by atoms with Crippen molar-refractivity contribution >= 4 is 17.7 Å². The largest absolute Gasteiger partial charge is 0.416 e. The summed E-state index contributed by atoms with van der Waals surface area (Å²) in [6, 6.07) is 11.3. The molecular formula is C21H20F3N3O3. The quantitative estimate of drug-likeness (QED) is 0.526. The van der Waals surface area contributed by atoms with Crippen molar-refractivity contribution in [2.75, 3.05) is 6.54 Å². The van der Waals surface area contributed by atoms with Crippen LogP contribution in [0.25, 0.3) is 0 Å². The molecule has 1 unspecified atom stereocenters. The third kappa shape index (κ3) is 4.45. The Kier molecular flexibility index (Phi) is 5.82. The van der Waals surface area contributed by atoms with Gasteiger partial charge in [0.1, 0.15) is 5.41 Å². The molecular weight excluding hydrogens is 399 g/mol. The van der Waals surface area contributed by atoms with E-state index in [0.717, 1.165) is 12.1 Å². The van der Waals surface area contributed by atoms with Gasteiger partial charge >= 0.3 is 6.18 Å². The molecule has 158 valence electrons. The van der Waals surface area contributed by atoms with Gasteiger partial charge in [0.05, 0.1) is 5.56 Å². The minimum atomic E-state index is -4.42. The van der Waals surface area contributed by atoms with E-state index in [-0.39, 0.29) is 12.0 Å². The maximum atomic E-state index is 12.7. The molecule has 30 heavy (non-hydrogen) atoms. The predicted octanol–water partition coefficient (Wildman–Crippen LogP) is 2.58. The van der Waals surface area contributed by atoms with E-state index >= 15 is 0 Å². The van der Waals surface area contributed by atoms with E-state index in [2.05, 4.69) is 16.2 Å². The summed E-state index contributed by atoms with van der Waals surface area (Å²) in [5.74, 6) is -1.61. The van der Waals surface area contributed by atoms with E-state index in [4.69, 9.17) is 0 Å². The average Bonchev–Trinajstić information content (AvgIpc) is 3.05. The number of carbonyl (C=O) groups excluding carboxylic acids is 3. The van der Waals surface area contributed by atoms with Crippen LogP contribution in [0.2, 0.25) is 0 Å². The molecule has 2 aromatic carbocycles.